The molecule has 102 valence electrons. The first kappa shape index (κ1) is 14.8. The Morgan fingerprint density at radius 2 is 2.00 bits per heavy atom. The van der Waals surface area contributed by atoms with Gasteiger partial charge in [-0.25, -0.2) is 8.42 Å². The molecule has 1 fully saturated rings. The van der Waals surface area contributed by atoms with Crippen LogP contribution in [0.1, 0.15) is 32.1 Å². The zero-order chi connectivity index (χ0) is 13.1. The highest BCUT2D eigenvalue weighted by Crippen LogP contribution is 2.26. The molecule has 1 rings (SSSR count). The molecule has 0 spiro atoms. The molecule has 0 amide bonds. The third-order valence-electron chi connectivity index (χ3n) is 2.93. The van der Waals surface area contributed by atoms with Crippen molar-refractivity contribution in [1.82, 2.24) is 0 Å². The zero-order valence-electron chi connectivity index (χ0n) is 9.41. The Labute approximate surface area is 98.9 Å². The molecule has 0 bridgehead atoms. The van der Waals surface area contributed by atoms with Gasteiger partial charge >= 0.3 is 6.18 Å². The summed E-state index contributed by atoms with van der Waals surface area (Å²) in [5.74, 6) is 0.0943. The molecule has 0 aromatic rings. The Kier molecular flexibility index (Phi) is 4.83. The van der Waals surface area contributed by atoms with E-state index < -0.39 is 28.5 Å². The Morgan fingerprint density at radius 3 is 2.47 bits per heavy atom. The molecule has 0 aromatic carbocycles. The van der Waals surface area contributed by atoms with E-state index in [1.807, 2.05) is 0 Å². The maximum atomic E-state index is 11.9. The van der Waals surface area contributed by atoms with Gasteiger partial charge < -0.3 is 5.11 Å². The van der Waals surface area contributed by atoms with E-state index in [1.54, 1.807) is 0 Å². The molecule has 0 saturated carbocycles. The lowest BCUT2D eigenvalue weighted by molar-refractivity contribution is -0.136. The van der Waals surface area contributed by atoms with Gasteiger partial charge in [0, 0.05) is 6.42 Å². The molecular weight excluding hydrogens is 257 g/mol. The summed E-state index contributed by atoms with van der Waals surface area (Å²) in [7, 11) is -2.98. The van der Waals surface area contributed by atoms with Crippen LogP contribution in [0, 0.1) is 5.92 Å². The van der Waals surface area contributed by atoms with Gasteiger partial charge in [0.15, 0.2) is 9.84 Å². The third-order valence-corrected chi connectivity index (χ3v) is 4.77. The molecule has 0 aromatic heterocycles. The molecule has 1 saturated heterocycles. The van der Waals surface area contributed by atoms with Crippen LogP contribution in [0.15, 0.2) is 0 Å². The summed E-state index contributed by atoms with van der Waals surface area (Å²) in [5, 5.41) is 9.51. The Hall–Kier alpha value is -0.300. The summed E-state index contributed by atoms with van der Waals surface area (Å²) in [6, 6.07) is 0. The summed E-state index contributed by atoms with van der Waals surface area (Å²) in [6.45, 7) is 0. The predicted octanol–water partition coefficient (Wildman–Crippen LogP) is 1.90. The molecule has 2 atom stereocenters. The van der Waals surface area contributed by atoms with Crippen molar-refractivity contribution in [3.63, 3.8) is 0 Å². The standard InChI is InChI=1S/C10H17F3O3S/c11-10(12,13)4-1-2-9(14)6-8-3-5-17(15,16)7-8/h8-9,14H,1-7H2. The minimum atomic E-state index is -4.18. The van der Waals surface area contributed by atoms with Crippen LogP contribution in [0.5, 0.6) is 0 Å². The van der Waals surface area contributed by atoms with Crippen LogP contribution in [0.2, 0.25) is 0 Å². The molecule has 2 unspecified atom stereocenters. The van der Waals surface area contributed by atoms with Crippen LogP contribution in [0.25, 0.3) is 0 Å². The first-order chi connectivity index (χ1) is 7.68. The lowest BCUT2D eigenvalue weighted by Gasteiger charge is -2.14. The molecular formula is C10H17F3O3S. The highest BCUT2D eigenvalue weighted by atomic mass is 32.2. The minimum absolute atomic E-state index is 0.0589. The summed E-state index contributed by atoms with van der Waals surface area (Å²) in [5.41, 5.74) is 0. The fourth-order valence-electron chi connectivity index (χ4n) is 2.10. The Morgan fingerprint density at radius 1 is 1.35 bits per heavy atom. The second kappa shape index (κ2) is 5.56. The molecule has 1 aliphatic rings. The van der Waals surface area contributed by atoms with Gasteiger partial charge in [-0.15, -0.1) is 0 Å². The number of hydrogen-bond acceptors (Lipinski definition) is 3. The molecule has 7 heteroatoms. The lowest BCUT2D eigenvalue weighted by Crippen LogP contribution is -2.16. The lowest BCUT2D eigenvalue weighted by atomic mass is 9.98. The zero-order valence-corrected chi connectivity index (χ0v) is 10.2. The highest BCUT2D eigenvalue weighted by Gasteiger charge is 2.30. The fourth-order valence-corrected chi connectivity index (χ4v) is 3.98. The molecule has 0 aliphatic carbocycles. The van der Waals surface area contributed by atoms with E-state index >= 15 is 0 Å². The summed E-state index contributed by atoms with van der Waals surface area (Å²) >= 11 is 0. The van der Waals surface area contributed by atoms with Gasteiger partial charge in [0.2, 0.25) is 0 Å². The van der Waals surface area contributed by atoms with Crippen LogP contribution < -0.4 is 0 Å². The van der Waals surface area contributed by atoms with Crippen molar-refractivity contribution < 1.29 is 26.7 Å². The number of halogens is 3. The van der Waals surface area contributed by atoms with Gasteiger partial charge in [-0.05, 0) is 31.6 Å². The number of aliphatic hydroxyl groups excluding tert-OH is 1. The first-order valence-electron chi connectivity index (χ1n) is 5.63. The number of sulfone groups is 1. The average molecular weight is 274 g/mol. The molecule has 1 aliphatic heterocycles. The number of hydrogen-bond donors (Lipinski definition) is 1. The van der Waals surface area contributed by atoms with Gasteiger partial charge in [0.05, 0.1) is 17.6 Å². The second-order valence-electron chi connectivity index (χ2n) is 4.67. The molecule has 1 heterocycles. The van der Waals surface area contributed by atoms with Crippen molar-refractivity contribution in [2.24, 2.45) is 5.92 Å². The predicted molar refractivity (Wildman–Crippen MR) is 57.3 cm³/mol. The molecule has 1 N–H and O–H groups in total. The van der Waals surface area contributed by atoms with E-state index in [-0.39, 0.29) is 36.7 Å². The van der Waals surface area contributed by atoms with E-state index in [0.29, 0.717) is 6.42 Å². The molecule has 3 nitrogen and oxygen atoms in total. The first-order valence-corrected chi connectivity index (χ1v) is 7.45. The monoisotopic (exact) mass is 274 g/mol. The second-order valence-corrected chi connectivity index (χ2v) is 6.89. The molecule has 0 radical (unpaired) electrons. The summed E-state index contributed by atoms with van der Waals surface area (Å²) in [4.78, 5) is 0. The van der Waals surface area contributed by atoms with Crippen molar-refractivity contribution >= 4 is 9.84 Å². The van der Waals surface area contributed by atoms with Crippen LogP contribution >= 0.6 is 0 Å². The minimum Gasteiger partial charge on any atom is -0.393 e. The molecule has 17 heavy (non-hydrogen) atoms. The number of alkyl halides is 3. The van der Waals surface area contributed by atoms with Gasteiger partial charge in [-0.3, -0.25) is 0 Å². The maximum Gasteiger partial charge on any atom is 0.389 e. The summed E-state index contributed by atoms with van der Waals surface area (Å²) < 4.78 is 57.8. The summed E-state index contributed by atoms with van der Waals surface area (Å²) in [6.07, 6.45) is -5.13. The van der Waals surface area contributed by atoms with E-state index in [4.69, 9.17) is 0 Å². The SMILES string of the molecule is O=S1(=O)CCC(CC(O)CCCC(F)(F)F)C1. The van der Waals surface area contributed by atoms with Gasteiger partial charge in [0.25, 0.3) is 0 Å². The highest BCUT2D eigenvalue weighted by molar-refractivity contribution is 7.91. The van der Waals surface area contributed by atoms with Crippen LogP contribution in [0.3, 0.4) is 0 Å². The van der Waals surface area contributed by atoms with E-state index in [0.717, 1.165) is 0 Å². The quantitative estimate of drug-likeness (QED) is 0.833. The van der Waals surface area contributed by atoms with Gasteiger partial charge in [-0.2, -0.15) is 13.2 Å². The topological polar surface area (TPSA) is 54.4 Å². The van der Waals surface area contributed by atoms with Crippen LogP contribution in [-0.4, -0.2) is 37.3 Å². The Bertz CT molecular complexity index is 337. The van der Waals surface area contributed by atoms with E-state index in [9.17, 15) is 26.7 Å². The largest absolute Gasteiger partial charge is 0.393 e. The maximum absolute atomic E-state index is 11.9. The number of rotatable bonds is 5. The van der Waals surface area contributed by atoms with Crippen molar-refractivity contribution in [2.75, 3.05) is 11.5 Å². The van der Waals surface area contributed by atoms with E-state index in [1.165, 1.54) is 0 Å². The van der Waals surface area contributed by atoms with E-state index in [2.05, 4.69) is 0 Å². The smallest absolute Gasteiger partial charge is 0.389 e. The third kappa shape index (κ3) is 6.26. The van der Waals surface area contributed by atoms with Gasteiger partial charge in [0.1, 0.15) is 0 Å². The van der Waals surface area contributed by atoms with Gasteiger partial charge in [-0.1, -0.05) is 0 Å². The van der Waals surface area contributed by atoms with Crippen molar-refractivity contribution in [3.8, 4) is 0 Å². The van der Waals surface area contributed by atoms with Crippen LogP contribution in [0.4, 0.5) is 13.2 Å². The number of aliphatic hydroxyl groups is 1. The normalized spacial score (nSPS) is 26.0. The van der Waals surface area contributed by atoms with Crippen molar-refractivity contribution in [1.29, 1.82) is 0 Å². The van der Waals surface area contributed by atoms with Crippen molar-refractivity contribution in [3.05, 3.63) is 0 Å². The fraction of sp³-hybridized carbons (Fsp3) is 1.00. The Balaban J connectivity index is 2.20. The average Bonchev–Trinajstić information content (AvgIpc) is 2.42. The van der Waals surface area contributed by atoms with Crippen molar-refractivity contribution in [2.45, 2.75) is 44.4 Å². The van der Waals surface area contributed by atoms with Crippen LogP contribution in [-0.2, 0) is 9.84 Å².